The number of benzene rings is 1. The minimum Gasteiger partial charge on any atom is -0.493 e. The number of hydrogen-bond donors (Lipinski definition) is 2. The SMILES string of the molecule is CC=Cc1ccc(OCC(=O)Nc2c(C)n[nH]c2C)c(OC)c1. The van der Waals surface area contributed by atoms with E-state index < -0.39 is 0 Å². The van der Waals surface area contributed by atoms with E-state index in [0.717, 1.165) is 17.0 Å². The van der Waals surface area contributed by atoms with Crippen LogP contribution >= 0.6 is 0 Å². The topological polar surface area (TPSA) is 76.2 Å². The molecular formula is C17H21N3O3. The number of nitrogens with zero attached hydrogens (tertiary/aromatic N) is 1. The van der Waals surface area contributed by atoms with Crippen LogP contribution < -0.4 is 14.8 Å². The molecule has 0 saturated heterocycles. The fourth-order valence-corrected chi connectivity index (χ4v) is 2.15. The van der Waals surface area contributed by atoms with Crippen molar-refractivity contribution in [1.29, 1.82) is 0 Å². The summed E-state index contributed by atoms with van der Waals surface area (Å²) in [7, 11) is 1.57. The van der Waals surface area contributed by atoms with E-state index in [1.54, 1.807) is 13.2 Å². The summed E-state index contributed by atoms with van der Waals surface area (Å²) in [5.41, 5.74) is 3.24. The molecule has 23 heavy (non-hydrogen) atoms. The average Bonchev–Trinajstić information content (AvgIpc) is 2.85. The average molecular weight is 315 g/mol. The van der Waals surface area contributed by atoms with Gasteiger partial charge in [-0.1, -0.05) is 18.2 Å². The lowest BCUT2D eigenvalue weighted by molar-refractivity contribution is -0.118. The van der Waals surface area contributed by atoms with E-state index in [1.807, 2.05) is 45.1 Å². The molecule has 0 bridgehead atoms. The molecule has 0 saturated carbocycles. The van der Waals surface area contributed by atoms with Crippen LogP contribution in [-0.4, -0.2) is 29.8 Å². The number of carbonyl (C=O) groups excluding carboxylic acids is 1. The highest BCUT2D eigenvalue weighted by Gasteiger charge is 2.12. The molecule has 1 heterocycles. The predicted octanol–water partition coefficient (Wildman–Crippen LogP) is 3.09. The van der Waals surface area contributed by atoms with Crippen LogP contribution in [0.5, 0.6) is 11.5 Å². The molecule has 0 fully saturated rings. The number of methoxy groups -OCH3 is 1. The second kappa shape index (κ2) is 7.49. The van der Waals surface area contributed by atoms with Gasteiger partial charge in [-0.25, -0.2) is 0 Å². The third-order valence-electron chi connectivity index (χ3n) is 3.30. The molecule has 0 aliphatic heterocycles. The zero-order chi connectivity index (χ0) is 16.8. The van der Waals surface area contributed by atoms with E-state index in [2.05, 4.69) is 15.5 Å². The maximum absolute atomic E-state index is 12.0. The molecule has 0 unspecified atom stereocenters. The number of aromatic nitrogens is 2. The highest BCUT2D eigenvalue weighted by atomic mass is 16.5. The number of aromatic amines is 1. The molecule has 0 aliphatic rings. The van der Waals surface area contributed by atoms with Crippen LogP contribution in [0.2, 0.25) is 0 Å². The maximum atomic E-state index is 12.0. The third kappa shape index (κ3) is 4.12. The Balaban J connectivity index is 2.01. The first-order valence-electron chi connectivity index (χ1n) is 7.30. The molecule has 0 aliphatic carbocycles. The Hall–Kier alpha value is -2.76. The largest absolute Gasteiger partial charge is 0.493 e. The van der Waals surface area contributed by atoms with E-state index in [4.69, 9.17) is 9.47 Å². The Morgan fingerprint density at radius 1 is 1.35 bits per heavy atom. The van der Waals surface area contributed by atoms with Gasteiger partial charge in [0.25, 0.3) is 5.91 Å². The van der Waals surface area contributed by atoms with Crippen molar-refractivity contribution in [3.63, 3.8) is 0 Å². The molecule has 6 nitrogen and oxygen atoms in total. The number of carbonyl (C=O) groups is 1. The molecule has 1 aromatic carbocycles. The minimum atomic E-state index is -0.253. The Kier molecular flexibility index (Phi) is 5.41. The number of H-pyrrole nitrogens is 1. The highest BCUT2D eigenvalue weighted by Crippen LogP contribution is 2.28. The fraction of sp³-hybridized carbons (Fsp3) is 0.294. The zero-order valence-corrected chi connectivity index (χ0v) is 13.8. The molecule has 2 N–H and O–H groups in total. The van der Waals surface area contributed by atoms with Crippen LogP contribution in [-0.2, 0) is 4.79 Å². The van der Waals surface area contributed by atoms with Crippen LogP contribution in [0.1, 0.15) is 23.9 Å². The van der Waals surface area contributed by atoms with Gasteiger partial charge in [-0.2, -0.15) is 5.10 Å². The summed E-state index contributed by atoms with van der Waals surface area (Å²) < 4.78 is 10.9. The van der Waals surface area contributed by atoms with Gasteiger partial charge >= 0.3 is 0 Å². The Labute approximate surface area is 135 Å². The number of amides is 1. The van der Waals surface area contributed by atoms with Crippen molar-refractivity contribution in [1.82, 2.24) is 10.2 Å². The smallest absolute Gasteiger partial charge is 0.262 e. The first-order chi connectivity index (χ1) is 11.0. The molecule has 0 radical (unpaired) electrons. The quantitative estimate of drug-likeness (QED) is 0.859. The van der Waals surface area contributed by atoms with Gasteiger partial charge in [0, 0.05) is 0 Å². The van der Waals surface area contributed by atoms with E-state index in [0.29, 0.717) is 17.2 Å². The predicted molar refractivity (Wildman–Crippen MR) is 89.9 cm³/mol. The first-order valence-corrected chi connectivity index (χ1v) is 7.30. The van der Waals surface area contributed by atoms with Gasteiger partial charge in [-0.3, -0.25) is 9.89 Å². The van der Waals surface area contributed by atoms with Gasteiger partial charge in [-0.05, 0) is 38.5 Å². The second-order valence-electron chi connectivity index (χ2n) is 5.06. The number of ether oxygens (including phenoxy) is 2. The van der Waals surface area contributed by atoms with Crippen molar-refractivity contribution < 1.29 is 14.3 Å². The summed E-state index contributed by atoms with van der Waals surface area (Å²) in [5, 5.41) is 9.64. The van der Waals surface area contributed by atoms with E-state index in [9.17, 15) is 4.79 Å². The van der Waals surface area contributed by atoms with Crippen molar-refractivity contribution in [3.8, 4) is 11.5 Å². The van der Waals surface area contributed by atoms with Crippen LogP contribution in [0.15, 0.2) is 24.3 Å². The van der Waals surface area contributed by atoms with Crippen molar-refractivity contribution in [3.05, 3.63) is 41.2 Å². The first kappa shape index (κ1) is 16.6. The summed E-state index contributed by atoms with van der Waals surface area (Å²) in [6.45, 7) is 5.51. The third-order valence-corrected chi connectivity index (χ3v) is 3.30. The summed E-state index contributed by atoms with van der Waals surface area (Å²) in [4.78, 5) is 12.0. The van der Waals surface area contributed by atoms with Gasteiger partial charge in [0.2, 0.25) is 0 Å². The summed E-state index contributed by atoms with van der Waals surface area (Å²) >= 11 is 0. The second-order valence-corrected chi connectivity index (χ2v) is 5.06. The van der Waals surface area contributed by atoms with Gasteiger partial charge in [-0.15, -0.1) is 0 Å². The van der Waals surface area contributed by atoms with E-state index >= 15 is 0 Å². The van der Waals surface area contributed by atoms with Crippen LogP contribution in [0.25, 0.3) is 6.08 Å². The van der Waals surface area contributed by atoms with E-state index in [-0.39, 0.29) is 12.5 Å². The molecule has 1 aromatic heterocycles. The molecule has 2 aromatic rings. The van der Waals surface area contributed by atoms with Gasteiger partial charge in [0.05, 0.1) is 24.2 Å². The molecule has 0 spiro atoms. The number of rotatable bonds is 6. The van der Waals surface area contributed by atoms with Crippen molar-refractivity contribution in [2.45, 2.75) is 20.8 Å². The van der Waals surface area contributed by atoms with Gasteiger partial charge in [0.1, 0.15) is 0 Å². The summed E-state index contributed by atoms with van der Waals surface area (Å²) in [5.74, 6) is 0.859. The van der Waals surface area contributed by atoms with Crippen LogP contribution in [0, 0.1) is 13.8 Å². The summed E-state index contributed by atoms with van der Waals surface area (Å²) in [6.07, 6.45) is 3.90. The molecule has 6 heteroatoms. The fourth-order valence-electron chi connectivity index (χ4n) is 2.15. The Morgan fingerprint density at radius 2 is 2.13 bits per heavy atom. The number of hydrogen-bond acceptors (Lipinski definition) is 4. The van der Waals surface area contributed by atoms with Gasteiger partial charge in [0.15, 0.2) is 18.1 Å². The number of anilines is 1. The molecule has 0 atom stereocenters. The van der Waals surface area contributed by atoms with Crippen LogP contribution in [0.4, 0.5) is 5.69 Å². The standard InChI is InChI=1S/C17H21N3O3/c1-5-6-13-7-8-14(15(9-13)22-4)23-10-16(21)18-17-11(2)19-20-12(17)3/h5-9H,10H2,1-4H3,(H,18,21)(H,19,20). The van der Waals surface area contributed by atoms with Crippen LogP contribution in [0.3, 0.4) is 0 Å². The number of allylic oxidation sites excluding steroid dienone is 1. The highest BCUT2D eigenvalue weighted by molar-refractivity contribution is 5.93. The molecular weight excluding hydrogens is 294 g/mol. The summed E-state index contributed by atoms with van der Waals surface area (Å²) in [6, 6.07) is 5.55. The minimum absolute atomic E-state index is 0.108. The molecule has 1 amide bonds. The lowest BCUT2D eigenvalue weighted by Crippen LogP contribution is -2.21. The number of nitrogens with one attached hydrogen (secondary N) is 2. The van der Waals surface area contributed by atoms with Crippen molar-refractivity contribution in [2.75, 3.05) is 19.0 Å². The number of aryl methyl sites for hydroxylation is 2. The molecule has 122 valence electrons. The lowest BCUT2D eigenvalue weighted by atomic mass is 10.2. The Bertz CT molecular complexity index is 700. The lowest BCUT2D eigenvalue weighted by Gasteiger charge is -2.11. The van der Waals surface area contributed by atoms with Gasteiger partial charge < -0.3 is 14.8 Å². The van der Waals surface area contributed by atoms with Crippen molar-refractivity contribution >= 4 is 17.7 Å². The monoisotopic (exact) mass is 315 g/mol. The zero-order valence-electron chi connectivity index (χ0n) is 13.8. The van der Waals surface area contributed by atoms with E-state index in [1.165, 1.54) is 0 Å². The Morgan fingerprint density at radius 3 is 2.74 bits per heavy atom. The molecule has 2 rings (SSSR count). The normalized spacial score (nSPS) is 10.8. The maximum Gasteiger partial charge on any atom is 0.262 e. The van der Waals surface area contributed by atoms with Crippen molar-refractivity contribution in [2.24, 2.45) is 0 Å².